The average molecular weight is 356 g/mol. The van der Waals surface area contributed by atoms with E-state index in [0.29, 0.717) is 12.2 Å². The van der Waals surface area contributed by atoms with Gasteiger partial charge >= 0.3 is 6.36 Å². The predicted molar refractivity (Wildman–Crippen MR) is 73.6 cm³/mol. The van der Waals surface area contributed by atoms with Gasteiger partial charge in [-0.3, -0.25) is 4.74 Å². The van der Waals surface area contributed by atoms with Gasteiger partial charge in [-0.1, -0.05) is 22.9 Å². The topological polar surface area (TPSA) is 44.5 Å². The summed E-state index contributed by atoms with van der Waals surface area (Å²) < 4.78 is 45.1. The van der Waals surface area contributed by atoms with Gasteiger partial charge in [0, 0.05) is 10.5 Å². The Morgan fingerprint density at radius 1 is 1.30 bits per heavy atom. The lowest BCUT2D eigenvalue weighted by molar-refractivity contribution is -0.325. The lowest BCUT2D eigenvalue weighted by Gasteiger charge is -2.13. The Balaban J connectivity index is 2.52. The normalized spacial score (nSPS) is 13.3. The SMILES string of the molecule is CCC(N)Cc1cc(OCCOC(F)(F)F)ccc1Br. The van der Waals surface area contributed by atoms with E-state index in [1.165, 1.54) is 0 Å². The predicted octanol–water partition coefficient (Wildman–Crippen LogP) is 3.64. The monoisotopic (exact) mass is 355 g/mol. The zero-order chi connectivity index (χ0) is 15.2. The first-order valence-corrected chi connectivity index (χ1v) is 6.98. The molecule has 0 aliphatic carbocycles. The number of benzene rings is 1. The first-order valence-electron chi connectivity index (χ1n) is 6.19. The van der Waals surface area contributed by atoms with Gasteiger partial charge in [0.1, 0.15) is 12.4 Å². The summed E-state index contributed by atoms with van der Waals surface area (Å²) in [5, 5.41) is 0. The fourth-order valence-corrected chi connectivity index (χ4v) is 1.95. The van der Waals surface area contributed by atoms with Crippen molar-refractivity contribution in [2.24, 2.45) is 5.73 Å². The maximum atomic E-state index is 11.8. The maximum absolute atomic E-state index is 11.8. The molecule has 0 heterocycles. The van der Waals surface area contributed by atoms with Crippen molar-refractivity contribution < 1.29 is 22.6 Å². The molecular weight excluding hydrogens is 339 g/mol. The molecule has 0 fully saturated rings. The molecule has 0 bridgehead atoms. The molecular formula is C13H17BrF3NO2. The van der Waals surface area contributed by atoms with Crippen LogP contribution in [0.1, 0.15) is 18.9 Å². The van der Waals surface area contributed by atoms with E-state index in [4.69, 9.17) is 10.5 Å². The Morgan fingerprint density at radius 3 is 2.60 bits per heavy atom. The third-order valence-electron chi connectivity index (χ3n) is 2.64. The molecule has 2 N–H and O–H groups in total. The van der Waals surface area contributed by atoms with Crippen LogP contribution in [0, 0.1) is 0 Å². The molecule has 0 radical (unpaired) electrons. The Hall–Kier alpha value is -0.790. The smallest absolute Gasteiger partial charge is 0.491 e. The first-order chi connectivity index (χ1) is 9.31. The Labute approximate surface area is 124 Å². The maximum Gasteiger partial charge on any atom is 0.522 e. The summed E-state index contributed by atoms with van der Waals surface area (Å²) in [6.07, 6.45) is -3.10. The fourth-order valence-electron chi connectivity index (χ4n) is 1.54. The number of nitrogens with two attached hydrogens (primary N) is 1. The summed E-state index contributed by atoms with van der Waals surface area (Å²) in [5.41, 5.74) is 6.85. The molecule has 0 aliphatic rings. The molecule has 0 saturated carbocycles. The zero-order valence-corrected chi connectivity index (χ0v) is 12.6. The van der Waals surface area contributed by atoms with Crippen molar-refractivity contribution in [3.63, 3.8) is 0 Å². The molecule has 1 rings (SSSR count). The van der Waals surface area contributed by atoms with Crippen LogP contribution < -0.4 is 10.5 Å². The van der Waals surface area contributed by atoms with E-state index in [9.17, 15) is 13.2 Å². The second-order valence-corrected chi connectivity index (χ2v) is 5.12. The Morgan fingerprint density at radius 2 is 2.00 bits per heavy atom. The van der Waals surface area contributed by atoms with Crippen LogP contribution in [0.25, 0.3) is 0 Å². The molecule has 0 aromatic heterocycles. The molecule has 1 unspecified atom stereocenters. The fraction of sp³-hybridized carbons (Fsp3) is 0.538. The van der Waals surface area contributed by atoms with Gasteiger partial charge in [0.25, 0.3) is 0 Å². The summed E-state index contributed by atoms with van der Waals surface area (Å²) in [5.74, 6) is 0.497. The van der Waals surface area contributed by atoms with Crippen molar-refractivity contribution in [1.29, 1.82) is 0 Å². The third-order valence-corrected chi connectivity index (χ3v) is 3.42. The van der Waals surface area contributed by atoms with Gasteiger partial charge in [-0.05, 0) is 36.6 Å². The van der Waals surface area contributed by atoms with Crippen molar-refractivity contribution in [1.82, 2.24) is 0 Å². The quantitative estimate of drug-likeness (QED) is 0.759. The van der Waals surface area contributed by atoms with E-state index in [1.54, 1.807) is 18.2 Å². The summed E-state index contributed by atoms with van der Waals surface area (Å²) in [6.45, 7) is 1.29. The van der Waals surface area contributed by atoms with Crippen LogP contribution in [0.3, 0.4) is 0 Å². The molecule has 0 saturated heterocycles. The number of hydrogen-bond acceptors (Lipinski definition) is 3. The van der Waals surface area contributed by atoms with E-state index in [0.717, 1.165) is 16.5 Å². The minimum Gasteiger partial charge on any atom is -0.491 e. The van der Waals surface area contributed by atoms with Gasteiger partial charge in [-0.2, -0.15) is 0 Å². The van der Waals surface area contributed by atoms with Crippen molar-refractivity contribution >= 4 is 15.9 Å². The second-order valence-electron chi connectivity index (χ2n) is 4.27. The summed E-state index contributed by atoms with van der Waals surface area (Å²) in [4.78, 5) is 0. The highest BCUT2D eigenvalue weighted by atomic mass is 79.9. The Bertz CT molecular complexity index is 427. The minimum atomic E-state index is -4.62. The number of hydrogen-bond donors (Lipinski definition) is 1. The lowest BCUT2D eigenvalue weighted by Crippen LogP contribution is -2.21. The third kappa shape index (κ3) is 6.58. The number of rotatable bonds is 7. The highest BCUT2D eigenvalue weighted by Gasteiger charge is 2.28. The van der Waals surface area contributed by atoms with Crippen LogP contribution >= 0.6 is 15.9 Å². The van der Waals surface area contributed by atoms with Crippen LogP contribution in [0.5, 0.6) is 5.75 Å². The molecule has 1 atom stereocenters. The van der Waals surface area contributed by atoms with Crippen LogP contribution in [0.4, 0.5) is 13.2 Å². The minimum absolute atomic E-state index is 0.0371. The largest absolute Gasteiger partial charge is 0.522 e. The van der Waals surface area contributed by atoms with E-state index >= 15 is 0 Å². The molecule has 0 amide bonds. The lowest BCUT2D eigenvalue weighted by atomic mass is 10.0. The molecule has 7 heteroatoms. The molecule has 1 aromatic rings. The molecule has 0 aliphatic heterocycles. The summed E-state index contributed by atoms with van der Waals surface area (Å²) in [7, 11) is 0. The number of ether oxygens (including phenoxy) is 2. The van der Waals surface area contributed by atoms with Gasteiger partial charge < -0.3 is 10.5 Å². The van der Waals surface area contributed by atoms with Crippen molar-refractivity contribution in [3.05, 3.63) is 28.2 Å². The van der Waals surface area contributed by atoms with Crippen molar-refractivity contribution in [2.45, 2.75) is 32.2 Å². The number of alkyl halides is 3. The van der Waals surface area contributed by atoms with Gasteiger partial charge in [-0.25, -0.2) is 0 Å². The van der Waals surface area contributed by atoms with Crippen molar-refractivity contribution in [3.8, 4) is 5.75 Å². The zero-order valence-electron chi connectivity index (χ0n) is 11.0. The van der Waals surface area contributed by atoms with E-state index in [-0.39, 0.29) is 12.6 Å². The first kappa shape index (κ1) is 17.3. The highest BCUT2D eigenvalue weighted by Crippen LogP contribution is 2.24. The van der Waals surface area contributed by atoms with Gasteiger partial charge in [0.15, 0.2) is 0 Å². The summed E-state index contributed by atoms with van der Waals surface area (Å²) in [6, 6.07) is 5.28. The highest BCUT2D eigenvalue weighted by molar-refractivity contribution is 9.10. The second kappa shape index (κ2) is 7.85. The van der Waals surface area contributed by atoms with Gasteiger partial charge in [0.05, 0.1) is 6.61 Å². The molecule has 20 heavy (non-hydrogen) atoms. The van der Waals surface area contributed by atoms with Crippen LogP contribution in [0.15, 0.2) is 22.7 Å². The summed E-state index contributed by atoms with van der Waals surface area (Å²) >= 11 is 3.41. The molecule has 114 valence electrons. The molecule has 1 aromatic carbocycles. The van der Waals surface area contributed by atoms with E-state index in [2.05, 4.69) is 20.7 Å². The van der Waals surface area contributed by atoms with Gasteiger partial charge in [0.2, 0.25) is 0 Å². The van der Waals surface area contributed by atoms with E-state index in [1.807, 2.05) is 6.92 Å². The molecule has 0 spiro atoms. The van der Waals surface area contributed by atoms with Crippen molar-refractivity contribution in [2.75, 3.05) is 13.2 Å². The Kier molecular flexibility index (Phi) is 6.78. The van der Waals surface area contributed by atoms with Gasteiger partial charge in [-0.15, -0.1) is 13.2 Å². The van der Waals surface area contributed by atoms with Crippen LogP contribution in [-0.2, 0) is 11.2 Å². The van der Waals surface area contributed by atoms with Crippen LogP contribution in [-0.4, -0.2) is 25.6 Å². The average Bonchev–Trinajstić information content (AvgIpc) is 2.37. The molecule has 3 nitrogen and oxygen atoms in total. The van der Waals surface area contributed by atoms with Crippen LogP contribution in [0.2, 0.25) is 0 Å². The standard InChI is InChI=1S/C13H17BrF3NO2/c1-2-10(18)7-9-8-11(3-4-12(9)14)19-5-6-20-13(15,16)17/h3-4,8,10H,2,5-7,18H2,1H3. The van der Waals surface area contributed by atoms with E-state index < -0.39 is 13.0 Å². The number of halogens is 4.